The van der Waals surface area contributed by atoms with Crippen LogP contribution in [-0.4, -0.2) is 60.5 Å². The van der Waals surface area contributed by atoms with Crippen molar-refractivity contribution in [1.82, 2.24) is 0 Å². The van der Waals surface area contributed by atoms with Crippen LogP contribution in [0.15, 0.2) is 134 Å². The van der Waals surface area contributed by atoms with Crippen molar-refractivity contribution in [1.29, 1.82) is 0 Å². The van der Waals surface area contributed by atoms with E-state index in [9.17, 15) is 19.2 Å². The normalized spacial score (nSPS) is 22.2. The van der Waals surface area contributed by atoms with Gasteiger partial charge in [-0.2, -0.15) is 0 Å². The van der Waals surface area contributed by atoms with Gasteiger partial charge in [0, 0.05) is 5.56 Å². The molecule has 1 fully saturated rings. The van der Waals surface area contributed by atoms with E-state index in [0.717, 1.165) is 0 Å². The molecule has 1 saturated heterocycles. The van der Waals surface area contributed by atoms with Gasteiger partial charge in [0.15, 0.2) is 12.2 Å². The van der Waals surface area contributed by atoms with Crippen LogP contribution >= 0.6 is 0 Å². The molecule has 0 amide bonds. The van der Waals surface area contributed by atoms with Gasteiger partial charge in [0.1, 0.15) is 0 Å². The average Bonchev–Trinajstić information content (AvgIpc) is 3.11. The highest BCUT2D eigenvalue weighted by Crippen LogP contribution is 2.40. The van der Waals surface area contributed by atoms with E-state index >= 15 is 0 Å². The molecular weight excluding hydrogens is 588 g/mol. The summed E-state index contributed by atoms with van der Waals surface area (Å²) in [6, 6.07) is 32.5. The van der Waals surface area contributed by atoms with Crippen molar-refractivity contribution in [2.45, 2.75) is 37.1 Å². The molecule has 0 aliphatic carbocycles. The standard InChI is InChI=1S/C37H32O9/c1-3-24-42-37(32(38)26-16-8-4-9-17-26)33(45-36(41)29-22-14-7-15-23-29)31(44-35(40)28-20-12-6-13-21-28)30(25(2)46-37)43-34(39)27-18-10-5-11-19-27/h3-23,25,30-31,33H,1,24H2,2H3. The number of hydrogen-bond donors (Lipinski definition) is 0. The van der Waals surface area contributed by atoms with Gasteiger partial charge < -0.3 is 23.7 Å². The highest BCUT2D eigenvalue weighted by molar-refractivity contribution is 6.03. The fraction of sp³-hybridized carbons (Fsp3) is 0.189. The fourth-order valence-electron chi connectivity index (χ4n) is 5.13. The van der Waals surface area contributed by atoms with Crippen LogP contribution in [0.4, 0.5) is 0 Å². The highest BCUT2D eigenvalue weighted by atomic mass is 16.7. The van der Waals surface area contributed by atoms with Crippen molar-refractivity contribution in [3.05, 3.63) is 156 Å². The van der Waals surface area contributed by atoms with Crippen LogP contribution in [0.5, 0.6) is 0 Å². The van der Waals surface area contributed by atoms with E-state index in [0.29, 0.717) is 0 Å². The number of carbonyl (C=O) groups is 4. The molecule has 5 rings (SSSR count). The second-order valence-electron chi connectivity index (χ2n) is 10.4. The van der Waals surface area contributed by atoms with E-state index in [1.165, 1.54) is 30.3 Å². The maximum absolute atomic E-state index is 14.4. The van der Waals surface area contributed by atoms with Crippen molar-refractivity contribution >= 4 is 23.7 Å². The van der Waals surface area contributed by atoms with Crippen molar-refractivity contribution in [3.8, 4) is 0 Å². The lowest BCUT2D eigenvalue weighted by Gasteiger charge is -2.49. The van der Waals surface area contributed by atoms with Crippen molar-refractivity contribution in [2.75, 3.05) is 6.61 Å². The summed E-state index contributed by atoms with van der Waals surface area (Å²) in [5, 5.41) is 0. The number of benzene rings is 4. The molecular formula is C37H32O9. The van der Waals surface area contributed by atoms with E-state index < -0.39 is 53.9 Å². The minimum absolute atomic E-state index is 0.150. The topological polar surface area (TPSA) is 114 Å². The first kappa shape index (κ1) is 32.0. The number of esters is 3. The Balaban J connectivity index is 1.65. The van der Waals surface area contributed by atoms with E-state index in [1.54, 1.807) is 104 Å². The molecule has 4 aromatic carbocycles. The third-order valence-corrected chi connectivity index (χ3v) is 7.34. The van der Waals surface area contributed by atoms with Crippen LogP contribution in [0, 0.1) is 0 Å². The smallest absolute Gasteiger partial charge is 0.338 e. The Morgan fingerprint density at radius 3 is 1.46 bits per heavy atom. The molecule has 1 heterocycles. The number of hydrogen-bond acceptors (Lipinski definition) is 9. The van der Waals surface area contributed by atoms with E-state index in [2.05, 4.69) is 6.58 Å². The molecule has 0 radical (unpaired) electrons. The number of ketones is 1. The summed E-state index contributed by atoms with van der Waals surface area (Å²) in [6.07, 6.45) is -4.39. The predicted octanol–water partition coefficient (Wildman–Crippen LogP) is 5.86. The number of Topliss-reactive ketones (excluding diaryl/α,β-unsaturated/α-hetero) is 1. The Morgan fingerprint density at radius 2 is 1.02 bits per heavy atom. The zero-order valence-electron chi connectivity index (χ0n) is 25.0. The zero-order chi connectivity index (χ0) is 32.5. The Bertz CT molecular complexity index is 1660. The molecule has 46 heavy (non-hydrogen) atoms. The van der Waals surface area contributed by atoms with E-state index in [1.807, 2.05) is 0 Å². The van der Waals surface area contributed by atoms with Gasteiger partial charge in [0.05, 0.1) is 29.4 Å². The molecule has 0 aromatic heterocycles. The first-order chi connectivity index (χ1) is 22.3. The maximum Gasteiger partial charge on any atom is 0.338 e. The first-order valence-electron chi connectivity index (χ1n) is 14.6. The lowest BCUT2D eigenvalue weighted by Crippen LogP contribution is -2.70. The summed E-state index contributed by atoms with van der Waals surface area (Å²) in [5.74, 6) is -5.47. The van der Waals surface area contributed by atoms with Crippen LogP contribution < -0.4 is 0 Å². The van der Waals surface area contributed by atoms with Gasteiger partial charge in [-0.3, -0.25) is 4.79 Å². The number of ether oxygens (including phenoxy) is 5. The van der Waals surface area contributed by atoms with Crippen LogP contribution in [0.3, 0.4) is 0 Å². The van der Waals surface area contributed by atoms with Crippen molar-refractivity contribution in [2.24, 2.45) is 0 Å². The Labute approximate surface area is 266 Å². The summed E-state index contributed by atoms with van der Waals surface area (Å²) in [5.41, 5.74) is 0.722. The van der Waals surface area contributed by atoms with Crippen LogP contribution in [0.2, 0.25) is 0 Å². The summed E-state index contributed by atoms with van der Waals surface area (Å²) in [7, 11) is 0. The Kier molecular flexibility index (Phi) is 10.2. The maximum atomic E-state index is 14.4. The summed E-state index contributed by atoms with van der Waals surface area (Å²) in [6.45, 7) is 5.04. The van der Waals surface area contributed by atoms with Gasteiger partial charge >= 0.3 is 17.9 Å². The van der Waals surface area contributed by atoms with Gasteiger partial charge in [-0.1, -0.05) is 91.0 Å². The molecule has 4 aromatic rings. The predicted molar refractivity (Wildman–Crippen MR) is 167 cm³/mol. The second-order valence-corrected chi connectivity index (χ2v) is 10.4. The monoisotopic (exact) mass is 620 g/mol. The number of rotatable bonds is 11. The summed E-state index contributed by atoms with van der Waals surface area (Å²) < 4.78 is 30.4. The van der Waals surface area contributed by atoms with Gasteiger partial charge in [-0.05, 0) is 43.3 Å². The molecule has 234 valence electrons. The first-order valence-corrected chi connectivity index (χ1v) is 14.6. The van der Waals surface area contributed by atoms with E-state index in [-0.39, 0.29) is 28.9 Å². The quantitative estimate of drug-likeness (QED) is 0.0880. The summed E-state index contributed by atoms with van der Waals surface area (Å²) >= 11 is 0. The fourth-order valence-corrected chi connectivity index (χ4v) is 5.13. The zero-order valence-corrected chi connectivity index (χ0v) is 25.0. The van der Waals surface area contributed by atoms with Crippen molar-refractivity contribution in [3.63, 3.8) is 0 Å². The molecule has 5 atom stereocenters. The minimum atomic E-state index is -2.35. The van der Waals surface area contributed by atoms with Crippen LogP contribution in [0.1, 0.15) is 48.4 Å². The van der Waals surface area contributed by atoms with Gasteiger partial charge in [-0.15, -0.1) is 6.58 Å². The SMILES string of the molecule is C=CCOC1(C(=O)c2ccccc2)OC(C)C(OC(=O)c2ccccc2)C(OC(=O)c2ccccc2)C1OC(=O)c1ccccc1. The molecule has 0 N–H and O–H groups in total. The molecule has 1 aliphatic heterocycles. The lowest BCUT2D eigenvalue weighted by molar-refractivity contribution is -0.325. The lowest BCUT2D eigenvalue weighted by atomic mass is 9.87. The molecule has 0 bridgehead atoms. The Morgan fingerprint density at radius 1 is 0.630 bits per heavy atom. The van der Waals surface area contributed by atoms with Gasteiger partial charge in [-0.25, -0.2) is 14.4 Å². The van der Waals surface area contributed by atoms with Crippen molar-refractivity contribution < 1.29 is 42.9 Å². The Hall–Kier alpha value is -5.38. The summed E-state index contributed by atoms with van der Waals surface area (Å²) in [4.78, 5) is 55.0. The highest BCUT2D eigenvalue weighted by Gasteiger charge is 2.64. The second kappa shape index (κ2) is 14.6. The van der Waals surface area contributed by atoms with E-state index in [4.69, 9.17) is 23.7 Å². The molecule has 0 spiro atoms. The third-order valence-electron chi connectivity index (χ3n) is 7.34. The molecule has 1 aliphatic rings. The molecule has 0 saturated carbocycles. The molecule has 5 unspecified atom stereocenters. The average molecular weight is 621 g/mol. The van der Waals surface area contributed by atoms with Crippen LogP contribution in [0.25, 0.3) is 0 Å². The largest absolute Gasteiger partial charge is 0.452 e. The van der Waals surface area contributed by atoms with Gasteiger partial charge in [0.2, 0.25) is 11.9 Å². The minimum Gasteiger partial charge on any atom is -0.452 e. The molecule has 9 heteroatoms. The number of carbonyl (C=O) groups excluding carboxylic acids is 4. The third kappa shape index (κ3) is 6.96. The van der Waals surface area contributed by atoms with Gasteiger partial charge in [0.25, 0.3) is 5.79 Å². The molecule has 9 nitrogen and oxygen atoms in total. The van der Waals surface area contributed by atoms with Crippen LogP contribution in [-0.2, 0) is 23.7 Å².